The minimum atomic E-state index is -0.271. The summed E-state index contributed by atoms with van der Waals surface area (Å²) in [5, 5.41) is 12.1. The molecule has 0 fully saturated rings. The molecule has 19 heavy (non-hydrogen) atoms. The number of carbonyl (C=O) groups excluding carboxylic acids is 1. The number of para-hydroxylation sites is 1. The zero-order valence-corrected chi connectivity index (χ0v) is 10.2. The maximum Gasteiger partial charge on any atom is 0.281 e. The third kappa shape index (κ3) is 1.87. The number of oxime groups is 1. The van der Waals surface area contributed by atoms with Gasteiger partial charge in [0.25, 0.3) is 5.91 Å². The van der Waals surface area contributed by atoms with Gasteiger partial charge in [0.1, 0.15) is 0 Å². The molecule has 0 bridgehead atoms. The van der Waals surface area contributed by atoms with Gasteiger partial charge in [0, 0.05) is 5.56 Å². The summed E-state index contributed by atoms with van der Waals surface area (Å²) in [4.78, 5) is 13.9. The van der Waals surface area contributed by atoms with Crippen molar-refractivity contribution in [2.45, 2.75) is 6.54 Å². The largest absolute Gasteiger partial charge is 0.410 e. The predicted molar refractivity (Wildman–Crippen MR) is 72.4 cm³/mol. The lowest BCUT2D eigenvalue weighted by atomic mass is 10.1. The van der Waals surface area contributed by atoms with Crippen LogP contribution in [0.15, 0.2) is 59.8 Å². The lowest BCUT2D eigenvalue weighted by molar-refractivity contribution is -0.112. The molecule has 1 heterocycles. The fraction of sp³-hybridized carbons (Fsp3) is 0.0667. The minimum Gasteiger partial charge on any atom is -0.410 e. The van der Waals surface area contributed by atoms with Crippen molar-refractivity contribution in [1.29, 1.82) is 0 Å². The summed E-state index contributed by atoms with van der Waals surface area (Å²) in [6, 6.07) is 17.1. The number of fused-ring (bicyclic) bond motifs is 1. The topological polar surface area (TPSA) is 52.9 Å². The number of hydrogen-bond donors (Lipinski definition) is 1. The molecule has 0 radical (unpaired) electrons. The van der Waals surface area contributed by atoms with Gasteiger partial charge in [0.15, 0.2) is 5.71 Å². The molecule has 2 aromatic carbocycles. The fourth-order valence-corrected chi connectivity index (χ4v) is 2.28. The second-order valence-corrected chi connectivity index (χ2v) is 4.34. The van der Waals surface area contributed by atoms with Crippen molar-refractivity contribution in [3.63, 3.8) is 0 Å². The maximum absolute atomic E-state index is 12.2. The summed E-state index contributed by atoms with van der Waals surface area (Å²) in [6.45, 7) is 0.468. The highest BCUT2D eigenvalue weighted by molar-refractivity contribution is 6.54. The summed E-state index contributed by atoms with van der Waals surface area (Å²) in [5.41, 5.74) is 2.59. The van der Waals surface area contributed by atoms with Gasteiger partial charge in [-0.15, -0.1) is 0 Å². The number of nitrogens with zero attached hydrogens (tertiary/aromatic N) is 2. The third-order valence-electron chi connectivity index (χ3n) is 3.18. The zero-order chi connectivity index (χ0) is 13.2. The Morgan fingerprint density at radius 1 is 1.00 bits per heavy atom. The van der Waals surface area contributed by atoms with Crippen LogP contribution in [0.25, 0.3) is 0 Å². The summed E-state index contributed by atoms with van der Waals surface area (Å²) < 4.78 is 0. The van der Waals surface area contributed by atoms with E-state index in [4.69, 9.17) is 5.21 Å². The minimum absolute atomic E-state index is 0.103. The highest BCUT2D eigenvalue weighted by atomic mass is 16.4. The number of anilines is 1. The second kappa shape index (κ2) is 4.57. The Labute approximate surface area is 110 Å². The first-order chi connectivity index (χ1) is 9.31. The lowest BCUT2D eigenvalue weighted by Gasteiger charge is -2.16. The van der Waals surface area contributed by atoms with E-state index in [1.54, 1.807) is 11.0 Å². The lowest BCUT2D eigenvalue weighted by Crippen LogP contribution is -2.29. The first-order valence-corrected chi connectivity index (χ1v) is 5.98. The Hall–Kier alpha value is -2.62. The van der Waals surface area contributed by atoms with Crippen molar-refractivity contribution in [2.75, 3.05) is 4.90 Å². The van der Waals surface area contributed by atoms with E-state index in [2.05, 4.69) is 5.16 Å². The maximum atomic E-state index is 12.2. The Balaban J connectivity index is 2.01. The molecular weight excluding hydrogens is 240 g/mol. The monoisotopic (exact) mass is 252 g/mol. The molecule has 1 N–H and O–H groups in total. The molecule has 1 aliphatic rings. The molecule has 2 aromatic rings. The summed E-state index contributed by atoms with van der Waals surface area (Å²) in [7, 11) is 0. The number of rotatable bonds is 2. The molecule has 4 heteroatoms. The molecule has 0 saturated heterocycles. The van der Waals surface area contributed by atoms with Gasteiger partial charge in [0.05, 0.1) is 12.2 Å². The first-order valence-electron chi connectivity index (χ1n) is 5.98. The average molecular weight is 252 g/mol. The average Bonchev–Trinajstić information content (AvgIpc) is 2.73. The van der Waals surface area contributed by atoms with Crippen molar-refractivity contribution in [2.24, 2.45) is 5.16 Å². The molecule has 0 saturated carbocycles. The van der Waals surface area contributed by atoms with Gasteiger partial charge in [-0.1, -0.05) is 53.7 Å². The van der Waals surface area contributed by atoms with Crippen LogP contribution in [0.3, 0.4) is 0 Å². The third-order valence-corrected chi connectivity index (χ3v) is 3.18. The van der Waals surface area contributed by atoms with E-state index < -0.39 is 0 Å². The first kappa shape index (κ1) is 11.5. The van der Waals surface area contributed by atoms with E-state index in [1.165, 1.54) is 0 Å². The van der Waals surface area contributed by atoms with Gasteiger partial charge in [-0.3, -0.25) is 4.79 Å². The summed E-state index contributed by atoms with van der Waals surface area (Å²) in [6.07, 6.45) is 0. The highest BCUT2D eigenvalue weighted by Gasteiger charge is 2.33. The summed E-state index contributed by atoms with van der Waals surface area (Å²) in [5.74, 6) is -0.271. The molecule has 0 atom stereocenters. The van der Waals surface area contributed by atoms with Gasteiger partial charge in [-0.2, -0.15) is 0 Å². The van der Waals surface area contributed by atoms with Crippen LogP contribution in [0.5, 0.6) is 0 Å². The molecule has 3 rings (SSSR count). The van der Waals surface area contributed by atoms with Gasteiger partial charge in [-0.05, 0) is 11.6 Å². The predicted octanol–water partition coefficient (Wildman–Crippen LogP) is 2.41. The second-order valence-electron chi connectivity index (χ2n) is 4.34. The van der Waals surface area contributed by atoms with Crippen LogP contribution < -0.4 is 4.90 Å². The highest BCUT2D eigenvalue weighted by Crippen LogP contribution is 2.30. The van der Waals surface area contributed by atoms with E-state index in [0.717, 1.165) is 11.3 Å². The zero-order valence-electron chi connectivity index (χ0n) is 10.2. The normalized spacial score (nSPS) is 15.9. The van der Waals surface area contributed by atoms with E-state index in [9.17, 15) is 4.79 Å². The molecule has 94 valence electrons. The molecule has 1 amide bonds. The van der Waals surface area contributed by atoms with Crippen molar-refractivity contribution in [3.8, 4) is 0 Å². The standard InChI is InChI=1S/C15H12N2O2/c18-15-14(16-19)12-8-4-5-9-13(12)17(15)10-11-6-2-1-3-7-11/h1-9,19H,10H2. The summed E-state index contributed by atoms with van der Waals surface area (Å²) >= 11 is 0. The number of hydrogen-bond acceptors (Lipinski definition) is 3. The van der Waals surface area contributed by atoms with E-state index in [1.807, 2.05) is 48.5 Å². The number of amides is 1. The van der Waals surface area contributed by atoms with E-state index >= 15 is 0 Å². The van der Waals surface area contributed by atoms with Crippen molar-refractivity contribution in [3.05, 3.63) is 65.7 Å². The Bertz CT molecular complexity index is 650. The molecule has 0 aliphatic carbocycles. The van der Waals surface area contributed by atoms with Gasteiger partial charge < -0.3 is 10.1 Å². The molecule has 0 unspecified atom stereocenters. The van der Waals surface area contributed by atoms with Crippen molar-refractivity contribution < 1.29 is 10.0 Å². The Kier molecular flexibility index (Phi) is 2.76. The van der Waals surface area contributed by atoms with Gasteiger partial charge in [-0.25, -0.2) is 0 Å². The SMILES string of the molecule is O=C1C(=NO)c2ccccc2N1Cc1ccccc1. The smallest absolute Gasteiger partial charge is 0.281 e. The van der Waals surface area contributed by atoms with Crippen LogP contribution >= 0.6 is 0 Å². The van der Waals surface area contributed by atoms with Gasteiger partial charge >= 0.3 is 0 Å². The van der Waals surface area contributed by atoms with E-state index in [0.29, 0.717) is 12.1 Å². The van der Waals surface area contributed by atoms with Crippen LogP contribution in [0.2, 0.25) is 0 Å². The van der Waals surface area contributed by atoms with Gasteiger partial charge in [0.2, 0.25) is 0 Å². The quantitative estimate of drug-likeness (QED) is 0.659. The van der Waals surface area contributed by atoms with Crippen molar-refractivity contribution in [1.82, 2.24) is 0 Å². The Morgan fingerprint density at radius 2 is 1.68 bits per heavy atom. The van der Waals surface area contributed by atoms with E-state index in [-0.39, 0.29) is 11.6 Å². The molecule has 4 nitrogen and oxygen atoms in total. The van der Waals surface area contributed by atoms with Crippen LogP contribution in [-0.2, 0) is 11.3 Å². The van der Waals surface area contributed by atoms with Crippen LogP contribution in [0, 0.1) is 0 Å². The van der Waals surface area contributed by atoms with Crippen molar-refractivity contribution >= 4 is 17.3 Å². The molecule has 0 spiro atoms. The molecule has 1 aliphatic heterocycles. The van der Waals surface area contributed by atoms with Crippen LogP contribution in [-0.4, -0.2) is 16.8 Å². The van der Waals surface area contributed by atoms with Crippen LogP contribution in [0.4, 0.5) is 5.69 Å². The molecular formula is C15H12N2O2. The Morgan fingerprint density at radius 3 is 2.42 bits per heavy atom. The number of carbonyl (C=O) groups is 1. The number of benzene rings is 2. The fourth-order valence-electron chi connectivity index (χ4n) is 2.28. The molecule has 0 aromatic heterocycles. The van der Waals surface area contributed by atoms with Crippen LogP contribution in [0.1, 0.15) is 11.1 Å².